The smallest absolute Gasteiger partial charge is 0.330 e. The Balaban J connectivity index is 3.15. The van der Waals surface area contributed by atoms with E-state index in [0.717, 1.165) is 24.8 Å². The highest BCUT2D eigenvalue weighted by atomic mass is 32.1. The molecule has 1 aromatic rings. The van der Waals surface area contributed by atoms with Crippen LogP contribution in [0.1, 0.15) is 31.7 Å². The number of hydrogen-bond acceptors (Lipinski definition) is 4. The van der Waals surface area contributed by atoms with Crippen LogP contribution < -0.4 is 5.69 Å². The highest BCUT2D eigenvalue weighted by Crippen LogP contribution is 2.17. The third-order valence-corrected chi connectivity index (χ3v) is 4.10. The number of hydrogen-bond donors (Lipinski definition) is 1. The van der Waals surface area contributed by atoms with Crippen molar-refractivity contribution in [2.45, 2.75) is 33.1 Å². The van der Waals surface area contributed by atoms with Crippen molar-refractivity contribution >= 4 is 24.3 Å². The van der Waals surface area contributed by atoms with Gasteiger partial charge in [-0.25, -0.2) is 9.79 Å². The minimum Gasteiger partial charge on any atom is -0.396 e. The fourth-order valence-electron chi connectivity index (χ4n) is 2.10. The summed E-state index contributed by atoms with van der Waals surface area (Å²) in [6.07, 6.45) is 4.48. The van der Waals surface area contributed by atoms with Gasteiger partial charge in [0.25, 0.3) is 0 Å². The van der Waals surface area contributed by atoms with Crippen molar-refractivity contribution in [1.82, 2.24) is 9.13 Å². The molecule has 0 spiro atoms. The van der Waals surface area contributed by atoms with E-state index >= 15 is 0 Å². The highest BCUT2D eigenvalue weighted by Gasteiger charge is 2.09. The first-order valence-corrected chi connectivity index (χ1v) is 7.26. The Bertz CT molecular complexity index is 564. The summed E-state index contributed by atoms with van der Waals surface area (Å²) in [5.74, 6) is 0.916. The largest absolute Gasteiger partial charge is 0.396 e. The molecule has 6 heteroatoms. The maximum Gasteiger partial charge on any atom is 0.330 e. The van der Waals surface area contributed by atoms with E-state index in [1.165, 1.54) is 9.13 Å². The minimum absolute atomic E-state index is 0.170. The first kappa shape index (κ1) is 16.8. The lowest BCUT2D eigenvalue weighted by atomic mass is 10.0. The van der Waals surface area contributed by atoms with Crippen LogP contribution in [0.5, 0.6) is 0 Å². The second-order valence-corrected chi connectivity index (χ2v) is 5.35. The number of aliphatic hydroxyl groups is 1. The molecule has 112 valence electrons. The lowest BCUT2D eigenvalue weighted by Crippen LogP contribution is -2.28. The van der Waals surface area contributed by atoms with Gasteiger partial charge in [-0.2, -0.15) is 0 Å². The first-order chi connectivity index (χ1) is 9.43. The zero-order valence-corrected chi connectivity index (χ0v) is 13.4. The van der Waals surface area contributed by atoms with E-state index in [9.17, 15) is 4.79 Å². The quantitative estimate of drug-likeness (QED) is 0.647. The molecule has 0 aliphatic carbocycles. The van der Waals surface area contributed by atoms with Gasteiger partial charge in [-0.3, -0.25) is 9.13 Å². The average molecular weight is 297 g/mol. The van der Waals surface area contributed by atoms with Gasteiger partial charge in [0.2, 0.25) is 0 Å². The number of aliphatic imine (C=N–C) groups is 1. The van der Waals surface area contributed by atoms with Crippen molar-refractivity contribution in [3.63, 3.8) is 0 Å². The fourth-order valence-corrected chi connectivity index (χ4v) is 2.27. The molecule has 0 radical (unpaired) electrons. The topological polar surface area (TPSA) is 59.5 Å². The Morgan fingerprint density at radius 3 is 2.60 bits per heavy atom. The van der Waals surface area contributed by atoms with Gasteiger partial charge >= 0.3 is 5.69 Å². The van der Waals surface area contributed by atoms with Gasteiger partial charge in [0.05, 0.1) is 0 Å². The predicted molar refractivity (Wildman–Crippen MR) is 84.5 cm³/mol. The van der Waals surface area contributed by atoms with Crippen LogP contribution in [-0.4, -0.2) is 27.1 Å². The molecule has 0 fully saturated rings. The Morgan fingerprint density at radius 2 is 2.05 bits per heavy atom. The van der Waals surface area contributed by atoms with Crippen LogP contribution in [0.3, 0.4) is 0 Å². The maximum absolute atomic E-state index is 12.0. The van der Waals surface area contributed by atoms with E-state index in [2.05, 4.69) is 11.9 Å². The van der Waals surface area contributed by atoms with E-state index in [-0.39, 0.29) is 12.3 Å². The third kappa shape index (κ3) is 3.64. The highest BCUT2D eigenvalue weighted by molar-refractivity contribution is 7.71. The summed E-state index contributed by atoms with van der Waals surface area (Å²) in [4.78, 5) is 16.5. The summed E-state index contributed by atoms with van der Waals surface area (Å²) >= 11 is 5.25. The molecule has 1 heterocycles. The Morgan fingerprint density at radius 1 is 1.40 bits per heavy atom. The van der Waals surface area contributed by atoms with Crippen LogP contribution in [-0.2, 0) is 14.1 Å². The molecule has 0 aliphatic rings. The fraction of sp³-hybridized carbons (Fsp3) is 0.643. The summed E-state index contributed by atoms with van der Waals surface area (Å²) in [6.45, 7) is 4.16. The van der Waals surface area contributed by atoms with Gasteiger partial charge in [0, 0.05) is 32.5 Å². The number of nitrogens with zero attached hydrogens (tertiary/aromatic N) is 3. The second-order valence-electron chi connectivity index (χ2n) is 4.97. The summed E-state index contributed by atoms with van der Waals surface area (Å²) in [5.41, 5.74) is 0.661. The number of aliphatic hydroxyl groups excluding tert-OH is 1. The molecule has 0 amide bonds. The zero-order chi connectivity index (χ0) is 15.3. The molecule has 5 nitrogen and oxygen atoms in total. The van der Waals surface area contributed by atoms with E-state index in [0.29, 0.717) is 16.4 Å². The average Bonchev–Trinajstić information content (AvgIpc) is 2.46. The molecule has 0 saturated carbocycles. The van der Waals surface area contributed by atoms with E-state index < -0.39 is 0 Å². The minimum atomic E-state index is -0.170. The van der Waals surface area contributed by atoms with E-state index in [1.807, 2.05) is 13.1 Å². The Hall–Kier alpha value is -1.27. The Kier molecular flexibility index (Phi) is 6.29. The van der Waals surface area contributed by atoms with Crippen molar-refractivity contribution in [3.05, 3.63) is 20.7 Å². The van der Waals surface area contributed by atoms with Gasteiger partial charge in [-0.1, -0.05) is 19.1 Å². The summed E-state index contributed by atoms with van der Waals surface area (Å²) < 4.78 is 3.48. The van der Waals surface area contributed by atoms with Crippen molar-refractivity contribution in [3.8, 4) is 0 Å². The van der Waals surface area contributed by atoms with E-state index in [4.69, 9.17) is 17.3 Å². The van der Waals surface area contributed by atoms with Crippen molar-refractivity contribution < 1.29 is 5.11 Å². The van der Waals surface area contributed by atoms with Gasteiger partial charge in [-0.15, -0.1) is 0 Å². The number of aromatic nitrogens is 2. The molecule has 20 heavy (non-hydrogen) atoms. The molecule has 0 aliphatic heterocycles. The van der Waals surface area contributed by atoms with Crippen LogP contribution in [0.25, 0.3) is 0 Å². The molecule has 1 N–H and O–H groups in total. The maximum atomic E-state index is 12.0. The van der Waals surface area contributed by atoms with Crippen LogP contribution in [0.15, 0.2) is 9.79 Å². The van der Waals surface area contributed by atoms with Gasteiger partial charge in [-0.05, 0) is 32.1 Å². The van der Waals surface area contributed by atoms with E-state index in [1.54, 1.807) is 14.1 Å². The Labute approximate surface area is 124 Å². The lowest BCUT2D eigenvalue weighted by molar-refractivity contribution is 0.278. The second kappa shape index (κ2) is 7.50. The standard InChI is InChI=1S/C14H23N3O2S/c1-5-11(7-6-8-18)9-15-12-10(2)13(20)17(4)14(19)16(12)3/h9,11,18H,5-8H2,1-4H3. The van der Waals surface area contributed by atoms with Crippen molar-refractivity contribution in [1.29, 1.82) is 0 Å². The van der Waals surface area contributed by atoms with Gasteiger partial charge in [0.15, 0.2) is 0 Å². The van der Waals surface area contributed by atoms with Gasteiger partial charge in [0.1, 0.15) is 10.5 Å². The normalized spacial score (nSPS) is 13.1. The number of rotatable bonds is 6. The summed E-state index contributed by atoms with van der Waals surface area (Å²) in [5, 5.41) is 8.88. The molecule has 0 bridgehead atoms. The SMILES string of the molecule is CCC(C=Nc1c(C)c(=S)n(C)c(=O)n1C)CCCO. The van der Waals surface area contributed by atoms with Crippen LogP contribution >= 0.6 is 12.2 Å². The molecular weight excluding hydrogens is 274 g/mol. The summed E-state index contributed by atoms with van der Waals surface area (Å²) in [6, 6.07) is 0. The van der Waals surface area contributed by atoms with Crippen LogP contribution in [0, 0.1) is 17.5 Å². The molecular formula is C14H23N3O2S. The van der Waals surface area contributed by atoms with Crippen LogP contribution in [0.4, 0.5) is 5.82 Å². The molecule has 0 aromatic carbocycles. The molecule has 1 rings (SSSR count). The molecule has 1 unspecified atom stereocenters. The monoisotopic (exact) mass is 297 g/mol. The van der Waals surface area contributed by atoms with Crippen LogP contribution in [0.2, 0.25) is 0 Å². The predicted octanol–water partition coefficient (Wildman–Crippen LogP) is 2.26. The first-order valence-electron chi connectivity index (χ1n) is 6.85. The molecule has 1 atom stereocenters. The molecule has 0 saturated heterocycles. The lowest BCUT2D eigenvalue weighted by Gasteiger charge is -2.12. The summed E-state index contributed by atoms with van der Waals surface area (Å²) in [7, 11) is 3.37. The zero-order valence-electron chi connectivity index (χ0n) is 12.6. The molecule has 1 aromatic heterocycles. The van der Waals surface area contributed by atoms with Crippen molar-refractivity contribution in [2.75, 3.05) is 6.61 Å². The van der Waals surface area contributed by atoms with Gasteiger partial charge < -0.3 is 5.11 Å². The third-order valence-electron chi connectivity index (χ3n) is 3.52. The van der Waals surface area contributed by atoms with Crippen molar-refractivity contribution in [2.24, 2.45) is 25.0 Å².